The predicted octanol–water partition coefficient (Wildman–Crippen LogP) is 4.52. The van der Waals surface area contributed by atoms with Crippen LogP contribution in [0.3, 0.4) is 0 Å². The molecule has 2 saturated heterocycles. The second kappa shape index (κ2) is 8.95. The van der Waals surface area contributed by atoms with Gasteiger partial charge < -0.3 is 24.6 Å². The summed E-state index contributed by atoms with van der Waals surface area (Å²) in [6.45, 7) is 14.4. The number of aliphatic hydroxyl groups is 1. The summed E-state index contributed by atoms with van der Waals surface area (Å²) in [5.74, 6) is 0. The average Bonchev–Trinajstić information content (AvgIpc) is 3.00. The second-order valence-corrected chi connectivity index (χ2v) is 11.7. The number of hydrogen-bond donors (Lipinski definition) is 2. The molecule has 1 unspecified atom stereocenters. The van der Waals surface area contributed by atoms with Gasteiger partial charge in [0.15, 0.2) is 0 Å². The van der Waals surface area contributed by atoms with E-state index in [1.807, 2.05) is 87.2 Å². The van der Waals surface area contributed by atoms with Crippen molar-refractivity contribution < 1.29 is 19.2 Å². The van der Waals surface area contributed by atoms with Gasteiger partial charge in [0.25, 0.3) is 0 Å². The minimum absolute atomic E-state index is 0.0988. The highest BCUT2D eigenvalue weighted by Gasteiger charge is 2.51. The molecule has 188 valence electrons. The molecular weight excluding hydrogens is 439 g/mol. The molecule has 2 heterocycles. The zero-order valence-electron chi connectivity index (χ0n) is 22.1. The van der Waals surface area contributed by atoms with Crippen molar-refractivity contribution >= 4 is 18.6 Å². The lowest BCUT2D eigenvalue weighted by atomic mass is 9.76. The van der Waals surface area contributed by atoms with Gasteiger partial charge in [0.1, 0.15) is 0 Å². The Balaban J connectivity index is 1.49. The molecule has 2 amide bonds. The summed E-state index contributed by atoms with van der Waals surface area (Å²) < 4.78 is 12.3. The minimum Gasteiger partial charge on any atom is -0.399 e. The molecule has 2 aromatic carbocycles. The van der Waals surface area contributed by atoms with Gasteiger partial charge >= 0.3 is 13.1 Å². The summed E-state index contributed by atoms with van der Waals surface area (Å²) in [5.41, 5.74) is 0.752. The summed E-state index contributed by atoms with van der Waals surface area (Å²) in [6.07, 6.45) is 1.16. The van der Waals surface area contributed by atoms with E-state index in [2.05, 4.69) is 12.2 Å². The van der Waals surface area contributed by atoms with Crippen LogP contribution in [0.25, 0.3) is 0 Å². The molecule has 0 aliphatic carbocycles. The molecule has 0 saturated carbocycles. The van der Waals surface area contributed by atoms with E-state index in [1.54, 1.807) is 13.8 Å². The van der Waals surface area contributed by atoms with Crippen molar-refractivity contribution in [2.45, 2.75) is 89.7 Å². The Morgan fingerprint density at radius 2 is 1.60 bits per heavy atom. The number of urea groups is 1. The van der Waals surface area contributed by atoms with Gasteiger partial charge in [-0.05, 0) is 71.5 Å². The van der Waals surface area contributed by atoms with Gasteiger partial charge in [-0.2, -0.15) is 0 Å². The lowest BCUT2D eigenvalue weighted by Crippen LogP contribution is -2.60. The molecule has 0 bridgehead atoms. The Morgan fingerprint density at radius 3 is 2.11 bits per heavy atom. The Bertz CT molecular complexity index is 1030. The van der Waals surface area contributed by atoms with E-state index in [0.29, 0.717) is 19.4 Å². The zero-order chi connectivity index (χ0) is 25.6. The van der Waals surface area contributed by atoms with Gasteiger partial charge in [-0.25, -0.2) is 4.79 Å². The second-order valence-electron chi connectivity index (χ2n) is 11.7. The predicted molar refractivity (Wildman–Crippen MR) is 139 cm³/mol. The largest absolute Gasteiger partial charge is 0.494 e. The molecule has 2 N–H and O–H groups in total. The number of nitrogens with one attached hydrogen (secondary N) is 1. The smallest absolute Gasteiger partial charge is 0.399 e. The van der Waals surface area contributed by atoms with E-state index in [4.69, 9.17) is 9.31 Å². The molecule has 35 heavy (non-hydrogen) atoms. The minimum atomic E-state index is -0.916. The van der Waals surface area contributed by atoms with Crippen molar-refractivity contribution in [3.63, 3.8) is 0 Å². The Labute approximate surface area is 210 Å². The maximum absolute atomic E-state index is 13.4. The maximum Gasteiger partial charge on any atom is 0.494 e. The lowest BCUT2D eigenvalue weighted by molar-refractivity contribution is 0.00578. The van der Waals surface area contributed by atoms with Gasteiger partial charge in [0.05, 0.1) is 28.4 Å². The average molecular weight is 478 g/mol. The van der Waals surface area contributed by atoms with E-state index in [9.17, 15) is 9.90 Å². The summed E-state index contributed by atoms with van der Waals surface area (Å²) in [5, 5.41) is 13.9. The number of hydrogen-bond acceptors (Lipinski definition) is 4. The summed E-state index contributed by atoms with van der Waals surface area (Å²) in [4.78, 5) is 15.3. The first-order valence-electron chi connectivity index (χ1n) is 12.6. The van der Waals surface area contributed by atoms with Crippen molar-refractivity contribution in [2.24, 2.45) is 0 Å². The molecule has 2 aromatic rings. The standard InChI is InChI=1S/C28H39BN2O4/c1-20(21-13-15-23(16-14-21)29-34-26(4,5)27(6,7)35-29)31-18-17-28(30-24(31)32,19-25(2,3)33)22-11-9-8-10-12-22/h8-16,20,33H,17-19H2,1-7H3,(H,30,32)/t20-,28?/m0/s1. The quantitative estimate of drug-likeness (QED) is 0.599. The van der Waals surface area contributed by atoms with Crippen LogP contribution in [0.1, 0.15) is 78.5 Å². The van der Waals surface area contributed by atoms with Crippen LogP contribution < -0.4 is 10.8 Å². The van der Waals surface area contributed by atoms with Gasteiger partial charge in [0.2, 0.25) is 0 Å². The van der Waals surface area contributed by atoms with Gasteiger partial charge in [-0.3, -0.25) is 0 Å². The van der Waals surface area contributed by atoms with E-state index < -0.39 is 18.3 Å². The van der Waals surface area contributed by atoms with Crippen LogP contribution in [0.5, 0.6) is 0 Å². The van der Waals surface area contributed by atoms with Crippen LogP contribution in [0.15, 0.2) is 54.6 Å². The normalized spacial score (nSPS) is 24.9. The number of rotatable bonds is 6. The van der Waals surface area contributed by atoms with Crippen LogP contribution in [-0.4, -0.2) is 46.5 Å². The van der Waals surface area contributed by atoms with Crippen molar-refractivity contribution in [3.05, 3.63) is 65.7 Å². The number of nitrogens with zero attached hydrogens (tertiary/aromatic N) is 1. The van der Waals surface area contributed by atoms with Crippen molar-refractivity contribution in [2.75, 3.05) is 6.54 Å². The summed E-state index contributed by atoms with van der Waals surface area (Å²) in [7, 11) is -0.407. The monoisotopic (exact) mass is 478 g/mol. The molecule has 4 rings (SSSR count). The highest BCUT2D eigenvalue weighted by molar-refractivity contribution is 6.62. The highest BCUT2D eigenvalue weighted by Crippen LogP contribution is 2.39. The van der Waals surface area contributed by atoms with Crippen LogP contribution in [0, 0.1) is 0 Å². The highest BCUT2D eigenvalue weighted by atomic mass is 16.7. The molecule has 2 fully saturated rings. The molecule has 0 radical (unpaired) electrons. The van der Waals surface area contributed by atoms with Gasteiger partial charge in [-0.15, -0.1) is 0 Å². The fraction of sp³-hybridized carbons (Fsp3) is 0.536. The van der Waals surface area contributed by atoms with Crippen LogP contribution in [-0.2, 0) is 14.8 Å². The van der Waals surface area contributed by atoms with Gasteiger partial charge in [-0.1, -0.05) is 54.6 Å². The van der Waals surface area contributed by atoms with Crippen molar-refractivity contribution in [1.82, 2.24) is 10.2 Å². The fourth-order valence-corrected chi connectivity index (χ4v) is 5.16. The first kappa shape index (κ1) is 25.7. The molecule has 2 atom stereocenters. The first-order chi connectivity index (χ1) is 16.2. The summed E-state index contributed by atoms with van der Waals surface area (Å²) >= 11 is 0. The van der Waals surface area contributed by atoms with Crippen molar-refractivity contribution in [3.8, 4) is 0 Å². The zero-order valence-corrected chi connectivity index (χ0v) is 22.1. The van der Waals surface area contributed by atoms with E-state index in [-0.39, 0.29) is 23.3 Å². The number of amides is 2. The number of benzene rings is 2. The van der Waals surface area contributed by atoms with E-state index in [1.165, 1.54) is 0 Å². The molecule has 6 nitrogen and oxygen atoms in total. The molecule has 2 aliphatic rings. The third-order valence-electron chi connectivity index (χ3n) is 7.86. The maximum atomic E-state index is 13.4. The Hall–Kier alpha value is -2.35. The van der Waals surface area contributed by atoms with Crippen LogP contribution in [0.2, 0.25) is 0 Å². The van der Waals surface area contributed by atoms with E-state index in [0.717, 1.165) is 16.6 Å². The third-order valence-corrected chi connectivity index (χ3v) is 7.86. The molecule has 2 aliphatic heterocycles. The van der Waals surface area contributed by atoms with Gasteiger partial charge in [0, 0.05) is 13.0 Å². The topological polar surface area (TPSA) is 71.0 Å². The molecule has 0 aromatic heterocycles. The SMILES string of the molecule is C[C@@H](c1ccc(B2OC(C)(C)C(C)(C)O2)cc1)N1CCC(CC(C)(C)O)(c2ccccc2)NC1=O. The van der Waals surface area contributed by atoms with E-state index >= 15 is 0 Å². The van der Waals surface area contributed by atoms with Crippen molar-refractivity contribution in [1.29, 1.82) is 0 Å². The Kier molecular flexibility index (Phi) is 6.58. The third kappa shape index (κ3) is 5.13. The van der Waals surface area contributed by atoms with Crippen LogP contribution >= 0.6 is 0 Å². The number of carbonyl (C=O) groups excluding carboxylic acids is 1. The molecule has 0 spiro atoms. The molecule has 7 heteroatoms. The van der Waals surface area contributed by atoms with Crippen LogP contribution in [0.4, 0.5) is 4.79 Å². The lowest BCUT2D eigenvalue weighted by Gasteiger charge is -2.47. The number of carbonyl (C=O) groups is 1. The first-order valence-corrected chi connectivity index (χ1v) is 12.6. The Morgan fingerprint density at radius 1 is 1.03 bits per heavy atom. The summed E-state index contributed by atoms with van der Waals surface area (Å²) in [6, 6.07) is 17.9. The fourth-order valence-electron chi connectivity index (χ4n) is 5.16. The molecular formula is C28H39BN2O4.